The van der Waals surface area contributed by atoms with E-state index >= 15 is 0 Å². The van der Waals surface area contributed by atoms with Gasteiger partial charge in [-0.1, -0.05) is 25.4 Å². The minimum atomic E-state index is -0.502. The summed E-state index contributed by atoms with van der Waals surface area (Å²) in [6.45, 7) is 4.03. The van der Waals surface area contributed by atoms with Crippen molar-refractivity contribution in [2.45, 2.75) is 19.8 Å². The molecule has 0 N–H and O–H groups in total. The van der Waals surface area contributed by atoms with Gasteiger partial charge in [0.05, 0.1) is 17.8 Å². The minimum Gasteiger partial charge on any atom is -0.464 e. The SMILES string of the molecule is COC(=O)c1nc(C(C)C)c(I)cc1Cl. The maximum Gasteiger partial charge on any atom is 0.358 e. The maximum atomic E-state index is 11.3. The number of rotatable bonds is 2. The number of carbonyl (C=O) groups is 1. The molecule has 0 spiro atoms. The van der Waals surface area contributed by atoms with Crippen molar-refractivity contribution < 1.29 is 9.53 Å². The highest BCUT2D eigenvalue weighted by molar-refractivity contribution is 14.1. The van der Waals surface area contributed by atoms with E-state index in [1.54, 1.807) is 6.07 Å². The van der Waals surface area contributed by atoms with Gasteiger partial charge in [-0.25, -0.2) is 9.78 Å². The van der Waals surface area contributed by atoms with E-state index in [4.69, 9.17) is 11.6 Å². The van der Waals surface area contributed by atoms with Gasteiger partial charge in [-0.05, 0) is 34.6 Å². The second-order valence-electron chi connectivity index (χ2n) is 3.33. The molecule has 0 aliphatic carbocycles. The summed E-state index contributed by atoms with van der Waals surface area (Å²) in [4.78, 5) is 15.6. The lowest BCUT2D eigenvalue weighted by Crippen LogP contribution is -2.09. The van der Waals surface area contributed by atoms with Crippen LogP contribution in [-0.4, -0.2) is 18.1 Å². The molecule has 0 amide bonds. The van der Waals surface area contributed by atoms with Gasteiger partial charge in [-0.2, -0.15) is 0 Å². The van der Waals surface area contributed by atoms with Gasteiger partial charge in [-0.3, -0.25) is 0 Å². The molecular formula is C10H11ClINO2. The Bertz CT molecular complexity index is 393. The summed E-state index contributed by atoms with van der Waals surface area (Å²) in [5.74, 6) is -0.254. The van der Waals surface area contributed by atoms with Crippen molar-refractivity contribution in [2.24, 2.45) is 0 Å². The van der Waals surface area contributed by atoms with Crippen molar-refractivity contribution in [2.75, 3.05) is 7.11 Å². The first kappa shape index (κ1) is 12.7. The smallest absolute Gasteiger partial charge is 0.358 e. The van der Waals surface area contributed by atoms with Crippen LogP contribution in [0.15, 0.2) is 6.07 Å². The fraction of sp³-hybridized carbons (Fsp3) is 0.400. The van der Waals surface area contributed by atoms with Crippen molar-refractivity contribution in [3.8, 4) is 0 Å². The van der Waals surface area contributed by atoms with Gasteiger partial charge in [0, 0.05) is 3.57 Å². The number of hydrogen-bond donors (Lipinski definition) is 0. The highest BCUT2D eigenvalue weighted by atomic mass is 127. The number of aromatic nitrogens is 1. The molecule has 0 unspecified atom stereocenters. The molecule has 0 saturated heterocycles. The molecule has 0 radical (unpaired) electrons. The monoisotopic (exact) mass is 339 g/mol. The number of carbonyl (C=O) groups excluding carboxylic acids is 1. The van der Waals surface area contributed by atoms with E-state index in [9.17, 15) is 4.79 Å². The Morgan fingerprint density at radius 3 is 2.67 bits per heavy atom. The van der Waals surface area contributed by atoms with E-state index < -0.39 is 5.97 Å². The molecule has 0 atom stereocenters. The topological polar surface area (TPSA) is 39.2 Å². The summed E-state index contributed by atoms with van der Waals surface area (Å²) in [7, 11) is 1.31. The Kier molecular flexibility index (Phi) is 4.33. The van der Waals surface area contributed by atoms with Gasteiger partial charge in [0.1, 0.15) is 0 Å². The fourth-order valence-electron chi connectivity index (χ4n) is 1.13. The zero-order valence-electron chi connectivity index (χ0n) is 8.67. The van der Waals surface area contributed by atoms with E-state index in [0.29, 0.717) is 5.02 Å². The Labute approximate surface area is 107 Å². The number of pyridine rings is 1. The van der Waals surface area contributed by atoms with E-state index in [2.05, 4.69) is 32.3 Å². The first-order valence-corrected chi connectivity index (χ1v) is 5.87. The Morgan fingerprint density at radius 2 is 2.20 bits per heavy atom. The average molecular weight is 340 g/mol. The molecule has 82 valence electrons. The second kappa shape index (κ2) is 5.12. The molecule has 5 heteroatoms. The summed E-state index contributed by atoms with van der Waals surface area (Å²) in [5.41, 5.74) is 1.05. The van der Waals surface area contributed by atoms with Crippen molar-refractivity contribution >= 4 is 40.2 Å². The Balaban J connectivity index is 3.29. The van der Waals surface area contributed by atoms with Crippen LogP contribution in [0.3, 0.4) is 0 Å². The Hall–Kier alpha value is -0.360. The first-order valence-electron chi connectivity index (χ1n) is 4.41. The maximum absolute atomic E-state index is 11.3. The predicted molar refractivity (Wildman–Crippen MR) is 67.4 cm³/mol. The molecule has 0 aromatic carbocycles. The summed E-state index contributed by atoms with van der Waals surface area (Å²) in [6, 6.07) is 1.73. The summed E-state index contributed by atoms with van der Waals surface area (Å²) >= 11 is 8.07. The number of halogens is 2. The number of esters is 1. The molecule has 1 heterocycles. The van der Waals surface area contributed by atoms with Crippen LogP contribution >= 0.6 is 34.2 Å². The van der Waals surface area contributed by atoms with E-state index in [-0.39, 0.29) is 11.6 Å². The van der Waals surface area contributed by atoms with Crippen LogP contribution in [0.25, 0.3) is 0 Å². The summed E-state index contributed by atoms with van der Waals surface area (Å²) in [6.07, 6.45) is 0. The molecule has 1 aromatic rings. The van der Waals surface area contributed by atoms with Crippen LogP contribution in [0.1, 0.15) is 35.9 Å². The number of nitrogens with zero attached hydrogens (tertiary/aromatic N) is 1. The lowest BCUT2D eigenvalue weighted by atomic mass is 10.1. The van der Waals surface area contributed by atoms with Gasteiger partial charge in [0.25, 0.3) is 0 Å². The zero-order valence-corrected chi connectivity index (χ0v) is 11.6. The second-order valence-corrected chi connectivity index (χ2v) is 4.90. The quantitative estimate of drug-likeness (QED) is 0.613. The first-order chi connectivity index (χ1) is 6.97. The third-order valence-electron chi connectivity index (χ3n) is 1.88. The third-order valence-corrected chi connectivity index (χ3v) is 3.03. The van der Waals surface area contributed by atoms with Gasteiger partial charge < -0.3 is 4.74 Å². The van der Waals surface area contributed by atoms with Crippen LogP contribution < -0.4 is 0 Å². The minimum absolute atomic E-state index is 0.184. The third kappa shape index (κ3) is 2.81. The van der Waals surface area contributed by atoms with E-state index in [1.165, 1.54) is 7.11 Å². The van der Waals surface area contributed by atoms with E-state index in [0.717, 1.165) is 9.26 Å². The van der Waals surface area contributed by atoms with Crippen molar-refractivity contribution in [1.29, 1.82) is 0 Å². The molecule has 3 nitrogen and oxygen atoms in total. The standard InChI is InChI=1S/C10H11ClINO2/c1-5(2)8-7(12)4-6(11)9(13-8)10(14)15-3/h4-5H,1-3H3. The van der Waals surface area contributed by atoms with Gasteiger partial charge in [0.2, 0.25) is 0 Å². The normalized spacial score (nSPS) is 10.5. The van der Waals surface area contributed by atoms with Crippen molar-refractivity contribution in [1.82, 2.24) is 4.98 Å². The zero-order chi connectivity index (χ0) is 11.6. The van der Waals surface area contributed by atoms with Gasteiger partial charge >= 0.3 is 5.97 Å². The van der Waals surface area contributed by atoms with Crippen LogP contribution in [0.4, 0.5) is 0 Å². The van der Waals surface area contributed by atoms with Crippen molar-refractivity contribution in [3.05, 3.63) is 26.0 Å². The molecule has 0 aliphatic rings. The van der Waals surface area contributed by atoms with Gasteiger partial charge in [-0.15, -0.1) is 0 Å². The molecule has 0 aliphatic heterocycles. The molecule has 1 rings (SSSR count). The highest BCUT2D eigenvalue weighted by Gasteiger charge is 2.17. The van der Waals surface area contributed by atoms with Crippen LogP contribution in [-0.2, 0) is 4.74 Å². The largest absolute Gasteiger partial charge is 0.464 e. The van der Waals surface area contributed by atoms with Crippen LogP contribution in [0.5, 0.6) is 0 Å². The fourth-order valence-corrected chi connectivity index (χ4v) is 2.59. The molecule has 0 fully saturated rings. The molecule has 0 saturated carbocycles. The van der Waals surface area contributed by atoms with Crippen LogP contribution in [0, 0.1) is 3.57 Å². The number of methoxy groups -OCH3 is 1. The average Bonchev–Trinajstić information content (AvgIpc) is 2.16. The molecular weight excluding hydrogens is 328 g/mol. The molecule has 15 heavy (non-hydrogen) atoms. The van der Waals surface area contributed by atoms with Crippen LogP contribution in [0.2, 0.25) is 5.02 Å². The Morgan fingerprint density at radius 1 is 1.60 bits per heavy atom. The number of ether oxygens (including phenoxy) is 1. The van der Waals surface area contributed by atoms with E-state index in [1.807, 2.05) is 13.8 Å². The summed E-state index contributed by atoms with van der Waals surface area (Å²) in [5, 5.41) is 0.329. The van der Waals surface area contributed by atoms with Gasteiger partial charge in [0.15, 0.2) is 5.69 Å². The molecule has 1 aromatic heterocycles. The predicted octanol–water partition coefficient (Wildman–Crippen LogP) is 3.25. The van der Waals surface area contributed by atoms with Crippen molar-refractivity contribution in [3.63, 3.8) is 0 Å². The highest BCUT2D eigenvalue weighted by Crippen LogP contribution is 2.25. The molecule has 0 bridgehead atoms. The lowest BCUT2D eigenvalue weighted by Gasteiger charge is -2.10. The lowest BCUT2D eigenvalue weighted by molar-refractivity contribution is 0.0594. The summed E-state index contributed by atoms with van der Waals surface area (Å²) < 4.78 is 5.56. The number of hydrogen-bond acceptors (Lipinski definition) is 3.